The average molecular weight is 277 g/mol. The molecule has 0 amide bonds. The molecule has 1 rings (SSSR count). The molecular formula is C18H31NO. The van der Waals surface area contributed by atoms with Gasteiger partial charge in [0.2, 0.25) is 0 Å². The summed E-state index contributed by atoms with van der Waals surface area (Å²) in [6, 6.07) is 9.23. The molecule has 0 aliphatic carbocycles. The van der Waals surface area contributed by atoms with Crippen LogP contribution < -0.4 is 5.32 Å². The molecule has 0 saturated heterocycles. The van der Waals surface area contributed by atoms with Gasteiger partial charge < -0.3 is 10.1 Å². The molecular weight excluding hydrogens is 246 g/mol. The maximum absolute atomic E-state index is 5.56. The van der Waals surface area contributed by atoms with E-state index < -0.39 is 0 Å². The van der Waals surface area contributed by atoms with E-state index in [9.17, 15) is 0 Å². The fraction of sp³-hybridized carbons (Fsp3) is 0.667. The van der Waals surface area contributed by atoms with Gasteiger partial charge in [0.25, 0.3) is 0 Å². The first-order valence-corrected chi connectivity index (χ1v) is 7.90. The highest BCUT2D eigenvalue weighted by atomic mass is 16.5. The second kappa shape index (κ2) is 8.43. The Bertz CT molecular complexity index is 387. The Hall–Kier alpha value is -0.860. The largest absolute Gasteiger partial charge is 0.379 e. The molecule has 1 atom stereocenters. The van der Waals surface area contributed by atoms with E-state index in [0.29, 0.717) is 6.04 Å². The van der Waals surface area contributed by atoms with Crippen molar-refractivity contribution >= 4 is 0 Å². The Morgan fingerprint density at radius 2 is 1.90 bits per heavy atom. The maximum atomic E-state index is 5.56. The van der Waals surface area contributed by atoms with Crippen molar-refractivity contribution < 1.29 is 4.74 Å². The second-order valence-electron chi connectivity index (χ2n) is 6.06. The molecule has 2 heteroatoms. The molecule has 0 bridgehead atoms. The van der Waals surface area contributed by atoms with Crippen LogP contribution in [0.3, 0.4) is 0 Å². The predicted molar refractivity (Wildman–Crippen MR) is 87.2 cm³/mol. The van der Waals surface area contributed by atoms with E-state index in [4.69, 9.17) is 4.74 Å². The Balaban J connectivity index is 2.82. The molecule has 0 spiro atoms. The van der Waals surface area contributed by atoms with E-state index in [1.165, 1.54) is 17.5 Å². The lowest BCUT2D eigenvalue weighted by Crippen LogP contribution is -2.28. The van der Waals surface area contributed by atoms with Crippen molar-refractivity contribution in [1.82, 2.24) is 5.32 Å². The Kier molecular flexibility index (Phi) is 7.25. The zero-order valence-corrected chi connectivity index (χ0v) is 13.8. The molecule has 114 valence electrons. The minimum Gasteiger partial charge on any atom is -0.379 e. The summed E-state index contributed by atoms with van der Waals surface area (Å²) in [6.45, 7) is 9.84. The zero-order valence-electron chi connectivity index (χ0n) is 13.8. The number of nitrogens with one attached hydrogen (secondary N) is 1. The Morgan fingerprint density at radius 1 is 1.20 bits per heavy atom. The van der Waals surface area contributed by atoms with Crippen molar-refractivity contribution in [2.45, 2.75) is 65.0 Å². The average Bonchev–Trinajstić information content (AvgIpc) is 2.47. The van der Waals surface area contributed by atoms with E-state index in [2.05, 4.69) is 57.3 Å². The zero-order chi connectivity index (χ0) is 15.0. The smallest absolute Gasteiger partial charge is 0.0623 e. The van der Waals surface area contributed by atoms with Gasteiger partial charge in [-0.1, -0.05) is 38.1 Å². The van der Waals surface area contributed by atoms with Crippen LogP contribution in [0.2, 0.25) is 0 Å². The van der Waals surface area contributed by atoms with E-state index in [0.717, 1.165) is 25.8 Å². The number of aryl methyl sites for hydroxylation is 1. The molecule has 20 heavy (non-hydrogen) atoms. The molecule has 0 aromatic heterocycles. The van der Waals surface area contributed by atoms with Gasteiger partial charge in [0, 0.05) is 13.2 Å². The van der Waals surface area contributed by atoms with Crippen LogP contribution in [0.15, 0.2) is 24.3 Å². The van der Waals surface area contributed by atoms with Crippen LogP contribution >= 0.6 is 0 Å². The quantitative estimate of drug-likeness (QED) is 0.718. The van der Waals surface area contributed by atoms with Crippen LogP contribution in [-0.2, 0) is 11.2 Å². The first-order chi connectivity index (χ1) is 9.54. The highest BCUT2D eigenvalue weighted by Gasteiger charge is 2.21. The van der Waals surface area contributed by atoms with Crippen LogP contribution in [0.25, 0.3) is 0 Å². The highest BCUT2D eigenvalue weighted by molar-refractivity contribution is 5.30. The highest BCUT2D eigenvalue weighted by Crippen LogP contribution is 2.27. The van der Waals surface area contributed by atoms with Crippen LogP contribution in [0.5, 0.6) is 0 Å². The third-order valence-corrected chi connectivity index (χ3v) is 4.04. The maximum Gasteiger partial charge on any atom is 0.0623 e. The molecule has 0 aliphatic rings. The lowest BCUT2D eigenvalue weighted by atomic mass is 9.91. The SMILES string of the molecule is CCCNC(CCC(C)(C)OC)c1ccccc1CC. The lowest BCUT2D eigenvalue weighted by Gasteiger charge is -2.27. The molecule has 0 aliphatic heterocycles. The minimum atomic E-state index is -0.0483. The van der Waals surface area contributed by atoms with Gasteiger partial charge in [-0.05, 0) is 57.2 Å². The minimum absolute atomic E-state index is 0.0483. The van der Waals surface area contributed by atoms with Gasteiger partial charge in [0.05, 0.1) is 5.60 Å². The summed E-state index contributed by atoms with van der Waals surface area (Å²) in [6.07, 6.45) is 4.42. The molecule has 0 radical (unpaired) electrons. The van der Waals surface area contributed by atoms with E-state index >= 15 is 0 Å². The van der Waals surface area contributed by atoms with E-state index in [-0.39, 0.29) is 5.60 Å². The molecule has 1 N–H and O–H groups in total. The summed E-state index contributed by atoms with van der Waals surface area (Å²) in [5.41, 5.74) is 2.86. The lowest BCUT2D eigenvalue weighted by molar-refractivity contribution is 0.0116. The molecule has 0 heterocycles. The second-order valence-corrected chi connectivity index (χ2v) is 6.06. The van der Waals surface area contributed by atoms with Gasteiger partial charge in [-0.3, -0.25) is 0 Å². The molecule has 1 unspecified atom stereocenters. The van der Waals surface area contributed by atoms with Crippen molar-refractivity contribution in [2.75, 3.05) is 13.7 Å². The van der Waals surface area contributed by atoms with Crippen molar-refractivity contribution in [3.05, 3.63) is 35.4 Å². The molecule has 0 saturated carbocycles. The van der Waals surface area contributed by atoms with Crippen molar-refractivity contribution in [1.29, 1.82) is 0 Å². The Labute approximate surface area is 124 Å². The third-order valence-electron chi connectivity index (χ3n) is 4.04. The van der Waals surface area contributed by atoms with Gasteiger partial charge >= 0.3 is 0 Å². The normalized spacial score (nSPS) is 13.4. The van der Waals surface area contributed by atoms with Crippen LogP contribution in [0.4, 0.5) is 0 Å². The standard InChI is InChI=1S/C18H31NO/c1-6-14-19-17(12-13-18(3,4)20-5)16-11-9-8-10-15(16)7-2/h8-11,17,19H,6-7,12-14H2,1-5H3. The van der Waals surface area contributed by atoms with Crippen LogP contribution in [0.1, 0.15) is 64.1 Å². The number of ether oxygens (including phenoxy) is 1. The fourth-order valence-electron chi connectivity index (χ4n) is 2.48. The number of rotatable bonds is 9. The van der Waals surface area contributed by atoms with Crippen LogP contribution in [-0.4, -0.2) is 19.3 Å². The summed E-state index contributed by atoms with van der Waals surface area (Å²) in [4.78, 5) is 0. The molecule has 2 nitrogen and oxygen atoms in total. The summed E-state index contributed by atoms with van der Waals surface area (Å²) >= 11 is 0. The number of hydrogen-bond donors (Lipinski definition) is 1. The van der Waals surface area contributed by atoms with Gasteiger partial charge in [-0.2, -0.15) is 0 Å². The fourth-order valence-corrected chi connectivity index (χ4v) is 2.48. The summed E-state index contributed by atoms with van der Waals surface area (Å²) in [5, 5.41) is 3.70. The molecule has 1 aromatic carbocycles. The monoisotopic (exact) mass is 277 g/mol. The summed E-state index contributed by atoms with van der Waals surface area (Å²) in [5.74, 6) is 0. The van der Waals surface area contributed by atoms with Crippen molar-refractivity contribution in [2.24, 2.45) is 0 Å². The third kappa shape index (κ3) is 5.26. The number of benzene rings is 1. The first-order valence-electron chi connectivity index (χ1n) is 7.90. The number of methoxy groups -OCH3 is 1. The Morgan fingerprint density at radius 3 is 2.50 bits per heavy atom. The van der Waals surface area contributed by atoms with Gasteiger partial charge in [-0.15, -0.1) is 0 Å². The predicted octanol–water partition coefficient (Wildman–Crippen LogP) is 4.49. The summed E-state index contributed by atoms with van der Waals surface area (Å²) < 4.78 is 5.56. The van der Waals surface area contributed by atoms with Gasteiger partial charge in [-0.25, -0.2) is 0 Å². The van der Waals surface area contributed by atoms with Gasteiger partial charge in [0.15, 0.2) is 0 Å². The van der Waals surface area contributed by atoms with E-state index in [1.54, 1.807) is 7.11 Å². The topological polar surface area (TPSA) is 21.3 Å². The van der Waals surface area contributed by atoms with Crippen LogP contribution in [0, 0.1) is 0 Å². The van der Waals surface area contributed by atoms with E-state index in [1.807, 2.05) is 0 Å². The van der Waals surface area contributed by atoms with Gasteiger partial charge in [0.1, 0.15) is 0 Å². The number of hydrogen-bond acceptors (Lipinski definition) is 2. The summed E-state index contributed by atoms with van der Waals surface area (Å²) in [7, 11) is 1.80. The molecule has 0 fully saturated rings. The van der Waals surface area contributed by atoms with Crippen molar-refractivity contribution in [3.63, 3.8) is 0 Å². The van der Waals surface area contributed by atoms with Crippen molar-refractivity contribution in [3.8, 4) is 0 Å². The molecule has 1 aromatic rings. The first kappa shape index (κ1) is 17.2.